The summed E-state index contributed by atoms with van der Waals surface area (Å²) in [6.45, 7) is 2.87. The molecule has 11 heavy (non-hydrogen) atoms. The lowest BCUT2D eigenvalue weighted by Gasteiger charge is -2.38. The predicted molar refractivity (Wildman–Crippen MR) is 44.2 cm³/mol. The van der Waals surface area contributed by atoms with Crippen molar-refractivity contribution in [1.29, 1.82) is 0 Å². The molecular formula is C9H17NO. The summed E-state index contributed by atoms with van der Waals surface area (Å²) in [5, 5.41) is 0. The fraction of sp³-hybridized carbons (Fsp3) is 1.00. The van der Waals surface area contributed by atoms with Crippen LogP contribution in [0.2, 0.25) is 0 Å². The third-order valence-electron chi connectivity index (χ3n) is 3.04. The number of ether oxygens (including phenoxy) is 1. The molecule has 2 rings (SSSR count). The van der Waals surface area contributed by atoms with Crippen molar-refractivity contribution in [3.05, 3.63) is 0 Å². The summed E-state index contributed by atoms with van der Waals surface area (Å²) < 4.78 is 5.49. The smallest absolute Gasteiger partial charge is 0.0494 e. The van der Waals surface area contributed by atoms with Gasteiger partial charge in [0, 0.05) is 13.2 Å². The molecule has 1 saturated heterocycles. The molecule has 0 aromatic heterocycles. The molecule has 1 heterocycles. The minimum Gasteiger partial charge on any atom is -0.381 e. The van der Waals surface area contributed by atoms with E-state index in [4.69, 9.17) is 10.5 Å². The van der Waals surface area contributed by atoms with Crippen molar-refractivity contribution in [2.45, 2.75) is 19.3 Å². The molecule has 1 aliphatic heterocycles. The zero-order valence-corrected chi connectivity index (χ0v) is 6.96. The second kappa shape index (κ2) is 3.11. The second-order valence-electron chi connectivity index (χ2n) is 4.08. The van der Waals surface area contributed by atoms with Crippen LogP contribution in [0.15, 0.2) is 0 Å². The van der Waals surface area contributed by atoms with Gasteiger partial charge in [-0.25, -0.2) is 0 Å². The molecule has 0 aromatic rings. The Morgan fingerprint density at radius 1 is 1.09 bits per heavy atom. The fourth-order valence-electron chi connectivity index (χ4n) is 2.57. The maximum Gasteiger partial charge on any atom is 0.0494 e. The lowest BCUT2D eigenvalue weighted by Crippen LogP contribution is -2.36. The van der Waals surface area contributed by atoms with Crippen LogP contribution in [0.4, 0.5) is 0 Å². The Morgan fingerprint density at radius 3 is 2.27 bits per heavy atom. The monoisotopic (exact) mass is 155 g/mol. The average Bonchev–Trinajstić information content (AvgIpc) is 2.03. The largest absolute Gasteiger partial charge is 0.381 e. The van der Waals surface area contributed by atoms with Gasteiger partial charge in [0.15, 0.2) is 0 Å². The summed E-state index contributed by atoms with van der Waals surface area (Å²) in [5.74, 6) is 2.45. The minimum absolute atomic E-state index is 0.794. The van der Waals surface area contributed by atoms with E-state index < -0.39 is 0 Å². The molecule has 1 unspecified atom stereocenters. The second-order valence-corrected chi connectivity index (χ2v) is 4.08. The minimum atomic E-state index is 0.794. The van der Waals surface area contributed by atoms with Crippen LogP contribution < -0.4 is 5.73 Å². The van der Waals surface area contributed by atoms with Gasteiger partial charge in [-0.05, 0) is 43.6 Å². The van der Waals surface area contributed by atoms with Crippen molar-refractivity contribution >= 4 is 0 Å². The highest BCUT2D eigenvalue weighted by atomic mass is 16.5. The van der Waals surface area contributed by atoms with Crippen LogP contribution in [-0.4, -0.2) is 19.8 Å². The van der Waals surface area contributed by atoms with Crippen LogP contribution in [-0.2, 0) is 4.74 Å². The van der Waals surface area contributed by atoms with E-state index in [1.165, 1.54) is 19.3 Å². The summed E-state index contributed by atoms with van der Waals surface area (Å²) in [5.41, 5.74) is 5.67. The molecule has 2 fully saturated rings. The van der Waals surface area contributed by atoms with Gasteiger partial charge >= 0.3 is 0 Å². The van der Waals surface area contributed by atoms with E-state index in [0.29, 0.717) is 0 Å². The van der Waals surface area contributed by atoms with Gasteiger partial charge in [0.05, 0.1) is 0 Å². The molecule has 2 aliphatic rings. The number of hydrogen-bond donors (Lipinski definition) is 1. The first-order chi connectivity index (χ1) is 5.38. The van der Waals surface area contributed by atoms with Gasteiger partial charge in [-0.15, -0.1) is 0 Å². The van der Waals surface area contributed by atoms with E-state index in [9.17, 15) is 0 Å². The molecule has 2 nitrogen and oxygen atoms in total. The van der Waals surface area contributed by atoms with Gasteiger partial charge in [-0.1, -0.05) is 0 Å². The summed E-state index contributed by atoms with van der Waals surface area (Å²) in [6.07, 6.45) is 4.02. The maximum absolute atomic E-state index is 5.67. The Hall–Kier alpha value is -0.0800. The van der Waals surface area contributed by atoms with E-state index in [2.05, 4.69) is 0 Å². The summed E-state index contributed by atoms with van der Waals surface area (Å²) >= 11 is 0. The Kier molecular flexibility index (Phi) is 2.14. The third kappa shape index (κ3) is 1.57. The highest BCUT2D eigenvalue weighted by molar-refractivity contribution is 4.81. The number of rotatable bonds is 1. The van der Waals surface area contributed by atoms with Crippen LogP contribution in [0.1, 0.15) is 19.3 Å². The quantitative estimate of drug-likeness (QED) is 0.613. The first-order valence-corrected chi connectivity index (χ1v) is 4.66. The van der Waals surface area contributed by atoms with Crippen molar-refractivity contribution in [2.24, 2.45) is 23.5 Å². The fourth-order valence-corrected chi connectivity index (χ4v) is 2.57. The molecule has 2 N–H and O–H groups in total. The van der Waals surface area contributed by atoms with Gasteiger partial charge in [0.2, 0.25) is 0 Å². The van der Waals surface area contributed by atoms with Crippen molar-refractivity contribution < 1.29 is 4.74 Å². The lowest BCUT2D eigenvalue weighted by molar-refractivity contribution is -0.0251. The molecule has 2 heteroatoms. The van der Waals surface area contributed by atoms with Gasteiger partial charge < -0.3 is 10.5 Å². The highest BCUT2D eigenvalue weighted by Gasteiger charge is 2.31. The number of hydrogen-bond acceptors (Lipinski definition) is 2. The topological polar surface area (TPSA) is 35.2 Å². The standard InChI is InChI=1S/C9H17NO/c10-4-7-1-8-3-9(2-7)6-11-5-8/h7-9H,1-6,10H2/t7?,8-,9+. The molecule has 0 spiro atoms. The molecule has 0 aromatic carbocycles. The van der Waals surface area contributed by atoms with Gasteiger partial charge in [-0.3, -0.25) is 0 Å². The highest BCUT2D eigenvalue weighted by Crippen LogP contribution is 2.36. The van der Waals surface area contributed by atoms with Crippen LogP contribution in [0.5, 0.6) is 0 Å². The Balaban J connectivity index is 1.94. The van der Waals surface area contributed by atoms with Gasteiger partial charge in [0.25, 0.3) is 0 Å². The molecule has 2 bridgehead atoms. The average molecular weight is 155 g/mol. The van der Waals surface area contributed by atoms with Crippen molar-refractivity contribution in [1.82, 2.24) is 0 Å². The summed E-state index contributed by atoms with van der Waals surface area (Å²) in [6, 6.07) is 0. The molecule has 3 atom stereocenters. The summed E-state index contributed by atoms with van der Waals surface area (Å²) in [4.78, 5) is 0. The predicted octanol–water partition coefficient (Wildman–Crippen LogP) is 1.01. The van der Waals surface area contributed by atoms with E-state index in [1.807, 2.05) is 0 Å². The van der Waals surface area contributed by atoms with Crippen LogP contribution in [0.25, 0.3) is 0 Å². The number of fused-ring (bicyclic) bond motifs is 2. The Bertz CT molecular complexity index is 126. The van der Waals surface area contributed by atoms with Crippen molar-refractivity contribution in [2.75, 3.05) is 19.8 Å². The molecular weight excluding hydrogens is 138 g/mol. The first kappa shape index (κ1) is 7.56. The van der Waals surface area contributed by atoms with E-state index in [0.717, 1.165) is 37.5 Å². The molecule has 64 valence electrons. The Labute approximate surface area is 68.1 Å². The Morgan fingerprint density at radius 2 is 1.73 bits per heavy atom. The van der Waals surface area contributed by atoms with E-state index >= 15 is 0 Å². The molecule has 1 aliphatic carbocycles. The molecule has 0 amide bonds. The SMILES string of the molecule is NCC1C[C@H]2COC[C@@H](C1)C2. The maximum atomic E-state index is 5.67. The lowest BCUT2D eigenvalue weighted by atomic mass is 9.74. The third-order valence-corrected chi connectivity index (χ3v) is 3.04. The van der Waals surface area contributed by atoms with Crippen LogP contribution in [0, 0.1) is 17.8 Å². The van der Waals surface area contributed by atoms with Crippen LogP contribution >= 0.6 is 0 Å². The van der Waals surface area contributed by atoms with Gasteiger partial charge in [0.1, 0.15) is 0 Å². The zero-order chi connectivity index (χ0) is 7.68. The molecule has 0 radical (unpaired) electrons. The van der Waals surface area contributed by atoms with Crippen molar-refractivity contribution in [3.63, 3.8) is 0 Å². The van der Waals surface area contributed by atoms with E-state index in [1.54, 1.807) is 0 Å². The zero-order valence-electron chi connectivity index (χ0n) is 6.96. The number of nitrogens with two attached hydrogens (primary N) is 1. The van der Waals surface area contributed by atoms with Crippen molar-refractivity contribution in [3.8, 4) is 0 Å². The summed E-state index contributed by atoms with van der Waals surface area (Å²) in [7, 11) is 0. The van der Waals surface area contributed by atoms with Crippen LogP contribution in [0.3, 0.4) is 0 Å². The normalized spacial score (nSPS) is 43.9. The van der Waals surface area contributed by atoms with E-state index in [-0.39, 0.29) is 0 Å². The van der Waals surface area contributed by atoms with Gasteiger partial charge in [-0.2, -0.15) is 0 Å². The molecule has 1 saturated carbocycles. The first-order valence-electron chi connectivity index (χ1n) is 4.66.